The Bertz CT molecular complexity index is 2250. The van der Waals surface area contributed by atoms with Crippen molar-refractivity contribution in [2.45, 2.75) is 40.5 Å². The number of fused-ring (bicyclic) bond motifs is 2. The van der Waals surface area contributed by atoms with Crippen molar-refractivity contribution in [3.63, 3.8) is 0 Å². The number of hydrogen-bond acceptors (Lipinski definition) is 9. The second-order valence-corrected chi connectivity index (χ2v) is 13.0. The van der Waals surface area contributed by atoms with Gasteiger partial charge in [0.1, 0.15) is 29.0 Å². The van der Waals surface area contributed by atoms with E-state index in [0.717, 1.165) is 11.4 Å². The van der Waals surface area contributed by atoms with Gasteiger partial charge in [0.05, 0.1) is 30.4 Å². The van der Waals surface area contributed by atoms with Gasteiger partial charge in [0.2, 0.25) is 23.1 Å². The molecule has 4 aromatic heterocycles. The van der Waals surface area contributed by atoms with Crippen LogP contribution >= 0.6 is 47.8 Å². The van der Waals surface area contributed by atoms with Crippen LogP contribution in [0.3, 0.4) is 0 Å². The Labute approximate surface area is 294 Å². The lowest BCUT2D eigenvalue weighted by atomic mass is 10.0. The first-order chi connectivity index (χ1) is 22.4. The number of carbonyl (C=O) groups excluding carboxylic acids is 2. The third kappa shape index (κ3) is 6.56. The Morgan fingerprint density at radius 1 is 0.723 bits per heavy atom. The molecule has 47 heavy (non-hydrogen) atoms. The molecule has 11 nitrogen and oxygen atoms in total. The van der Waals surface area contributed by atoms with Crippen LogP contribution in [0.1, 0.15) is 74.3 Å². The number of aromatic hydroxyl groups is 2. The van der Waals surface area contributed by atoms with E-state index in [1.54, 1.807) is 33.2 Å². The van der Waals surface area contributed by atoms with Crippen molar-refractivity contribution in [1.29, 1.82) is 5.26 Å². The average Bonchev–Trinajstić information content (AvgIpc) is 3.61. The third-order valence-electron chi connectivity index (χ3n) is 7.24. The normalized spacial score (nSPS) is 10.9. The number of aryl methyl sites for hydroxylation is 4. The molecular formula is C33H26Br3N7O4. The number of nitriles is 1. The molecule has 0 amide bonds. The van der Waals surface area contributed by atoms with Crippen LogP contribution in [0.5, 0.6) is 11.5 Å². The smallest absolute Gasteiger partial charge is 0.234 e. The summed E-state index contributed by atoms with van der Waals surface area (Å²) < 4.78 is 4.57. The summed E-state index contributed by atoms with van der Waals surface area (Å²) in [6, 6.07) is 11.6. The molecule has 14 heteroatoms. The van der Waals surface area contributed by atoms with E-state index in [1.807, 2.05) is 46.0 Å². The summed E-state index contributed by atoms with van der Waals surface area (Å²) in [6.07, 6.45) is 4.77. The van der Waals surface area contributed by atoms with Crippen molar-refractivity contribution in [1.82, 2.24) is 28.7 Å². The van der Waals surface area contributed by atoms with Crippen molar-refractivity contribution in [3.8, 4) is 17.6 Å². The van der Waals surface area contributed by atoms with E-state index in [2.05, 4.69) is 67.7 Å². The molecule has 4 heterocycles. The van der Waals surface area contributed by atoms with Gasteiger partial charge >= 0.3 is 0 Å². The number of phenolic OH excluding ortho intramolecular Hbond substituents is 2. The molecular weight excluding hydrogens is 798 g/mol. The summed E-state index contributed by atoms with van der Waals surface area (Å²) in [5.74, 6) is 0.423. The molecule has 6 rings (SSSR count). The minimum atomic E-state index is -0.276. The van der Waals surface area contributed by atoms with Gasteiger partial charge in [-0.25, -0.2) is 19.9 Å². The highest BCUT2D eigenvalue weighted by atomic mass is 79.9. The molecule has 2 N–H and O–H groups in total. The molecule has 0 saturated heterocycles. The number of aromatic nitrogens is 6. The molecule has 0 aliphatic heterocycles. The van der Waals surface area contributed by atoms with Crippen LogP contribution in [0.2, 0.25) is 0 Å². The van der Waals surface area contributed by atoms with Crippen molar-refractivity contribution >= 4 is 70.9 Å². The highest BCUT2D eigenvalue weighted by molar-refractivity contribution is 9.11. The number of imidazole rings is 2. The van der Waals surface area contributed by atoms with E-state index in [1.165, 1.54) is 12.1 Å². The van der Waals surface area contributed by atoms with Gasteiger partial charge in [-0.15, -0.1) is 0 Å². The number of ketones is 2. The van der Waals surface area contributed by atoms with E-state index in [4.69, 9.17) is 5.26 Å². The molecule has 0 aliphatic carbocycles. The first-order valence-corrected chi connectivity index (χ1v) is 16.6. The molecule has 0 fully saturated rings. The largest absolute Gasteiger partial charge is 0.506 e. The van der Waals surface area contributed by atoms with Crippen LogP contribution < -0.4 is 0 Å². The summed E-state index contributed by atoms with van der Waals surface area (Å²) in [4.78, 5) is 43.6. The number of halogens is 3. The number of benzene rings is 2. The number of carbonyl (C=O) groups is 2. The van der Waals surface area contributed by atoms with Crippen LogP contribution in [0.4, 0.5) is 0 Å². The van der Waals surface area contributed by atoms with E-state index < -0.39 is 0 Å². The molecule has 0 radical (unpaired) electrons. The van der Waals surface area contributed by atoms with Gasteiger partial charge in [0.15, 0.2) is 0 Å². The summed E-state index contributed by atoms with van der Waals surface area (Å²) in [6.45, 7) is 7.61. The Kier molecular flexibility index (Phi) is 9.90. The molecule has 2 aromatic carbocycles. The maximum atomic E-state index is 13.0. The van der Waals surface area contributed by atoms with Crippen LogP contribution in [0.15, 0.2) is 62.2 Å². The van der Waals surface area contributed by atoms with Crippen molar-refractivity contribution in [2.75, 3.05) is 0 Å². The summed E-state index contributed by atoms with van der Waals surface area (Å²) in [5, 5.41) is 28.8. The SMILES string of the molecule is CCc1nc2nc(C)ccn2c1C(=O)c1cc(Br)c(O)c(Br)c1.CCc1nc2nc(C)ccn2c1C(=O)c1cc(Br)c(O)c(C#N)c1. The van der Waals surface area contributed by atoms with Gasteiger partial charge in [0, 0.05) is 34.9 Å². The number of rotatable bonds is 6. The van der Waals surface area contributed by atoms with Gasteiger partial charge in [-0.05, 0) is 111 Å². The lowest BCUT2D eigenvalue weighted by Gasteiger charge is -2.07. The van der Waals surface area contributed by atoms with Crippen molar-refractivity contribution in [2.24, 2.45) is 0 Å². The fraction of sp³-hybridized carbons (Fsp3) is 0.182. The molecule has 0 atom stereocenters. The highest BCUT2D eigenvalue weighted by Crippen LogP contribution is 2.34. The third-order valence-corrected chi connectivity index (χ3v) is 9.05. The van der Waals surface area contributed by atoms with Crippen molar-refractivity contribution < 1.29 is 19.8 Å². The number of phenols is 2. The van der Waals surface area contributed by atoms with Gasteiger partial charge < -0.3 is 10.2 Å². The fourth-order valence-electron chi connectivity index (χ4n) is 4.89. The minimum Gasteiger partial charge on any atom is -0.506 e. The number of nitrogens with zero attached hydrogens (tertiary/aromatic N) is 7. The van der Waals surface area contributed by atoms with Crippen LogP contribution in [0, 0.1) is 25.2 Å². The summed E-state index contributed by atoms with van der Waals surface area (Å²) in [5.41, 5.74) is 4.71. The van der Waals surface area contributed by atoms with Crippen LogP contribution in [-0.4, -0.2) is 50.5 Å². The monoisotopic (exact) mass is 821 g/mol. The zero-order valence-electron chi connectivity index (χ0n) is 25.5. The standard InChI is InChI=1S/C17H13BrN4O2.C16H13Br2N3O2/c1-3-13-14(22-5-4-9(2)20-17(22)21-13)16(24)10-6-11(8-19)15(23)12(18)7-10;1-3-12-13(21-5-4-8(2)19-16(21)20-12)14(22)9-6-10(17)15(23)11(18)7-9/h4-7,23H,3H2,1-2H3;4-7,23H,3H2,1-2H3. The van der Waals surface area contributed by atoms with E-state index in [-0.39, 0.29) is 28.6 Å². The zero-order valence-corrected chi connectivity index (χ0v) is 30.3. The molecule has 0 unspecified atom stereocenters. The first kappa shape index (κ1) is 33.9. The van der Waals surface area contributed by atoms with Gasteiger partial charge in [-0.1, -0.05) is 13.8 Å². The van der Waals surface area contributed by atoms with Gasteiger partial charge in [-0.3, -0.25) is 18.4 Å². The maximum absolute atomic E-state index is 13.0. The molecule has 238 valence electrons. The predicted molar refractivity (Wildman–Crippen MR) is 185 cm³/mol. The summed E-state index contributed by atoms with van der Waals surface area (Å²) in [7, 11) is 0. The maximum Gasteiger partial charge on any atom is 0.234 e. The Morgan fingerprint density at radius 2 is 1.13 bits per heavy atom. The number of hydrogen-bond donors (Lipinski definition) is 2. The molecule has 0 spiro atoms. The van der Waals surface area contributed by atoms with E-state index >= 15 is 0 Å². The Hall–Kier alpha value is -4.45. The average molecular weight is 824 g/mol. The molecule has 6 aromatic rings. The molecule has 0 bridgehead atoms. The topological polar surface area (TPSA) is 159 Å². The minimum absolute atomic E-state index is 0.0357. The fourth-order valence-corrected chi connectivity index (χ4v) is 6.53. The predicted octanol–water partition coefficient (Wildman–Crippen LogP) is 7.23. The Morgan fingerprint density at radius 3 is 1.53 bits per heavy atom. The Balaban J connectivity index is 0.000000185. The van der Waals surface area contributed by atoms with Gasteiger partial charge in [-0.2, -0.15) is 5.26 Å². The second kappa shape index (κ2) is 13.7. The zero-order chi connectivity index (χ0) is 34.2. The quantitative estimate of drug-likeness (QED) is 0.165. The lowest BCUT2D eigenvalue weighted by molar-refractivity contribution is 0.102. The van der Waals surface area contributed by atoms with Crippen LogP contribution in [0.25, 0.3) is 11.6 Å². The van der Waals surface area contributed by atoms with E-state index in [9.17, 15) is 19.8 Å². The first-order valence-electron chi connectivity index (χ1n) is 14.3. The van der Waals surface area contributed by atoms with Gasteiger partial charge in [0.25, 0.3) is 0 Å². The summed E-state index contributed by atoms with van der Waals surface area (Å²) >= 11 is 9.69. The highest BCUT2D eigenvalue weighted by Gasteiger charge is 2.24. The molecule has 0 aliphatic rings. The van der Waals surface area contributed by atoms with Crippen molar-refractivity contribution in [3.05, 3.63) is 113 Å². The molecule has 0 saturated carbocycles. The van der Waals surface area contributed by atoms with E-state index in [0.29, 0.717) is 71.7 Å². The van der Waals surface area contributed by atoms with Crippen LogP contribution in [-0.2, 0) is 12.8 Å². The lowest BCUT2D eigenvalue weighted by Crippen LogP contribution is -2.09. The second-order valence-electron chi connectivity index (χ2n) is 10.4.